The number of hydrogen-bond donors (Lipinski definition) is 2. The van der Waals surface area contributed by atoms with Crippen molar-refractivity contribution in [3.05, 3.63) is 27.7 Å². The Morgan fingerprint density at radius 1 is 1.48 bits per heavy atom. The lowest BCUT2D eigenvalue weighted by molar-refractivity contribution is -0.143. The summed E-state index contributed by atoms with van der Waals surface area (Å²) in [6.45, 7) is -0.818. The Bertz CT molecular complexity index is 709. The van der Waals surface area contributed by atoms with Gasteiger partial charge in [0.1, 0.15) is 6.04 Å². The molecular formula is C11H10BrClN2O5S. The molecule has 1 atom stereocenters. The number of sulfonamides is 1. The molecule has 1 saturated heterocycles. The third kappa shape index (κ3) is 3.20. The van der Waals surface area contributed by atoms with Gasteiger partial charge in [-0.1, -0.05) is 11.6 Å². The second-order valence-corrected chi connectivity index (χ2v) is 7.44. The molecule has 21 heavy (non-hydrogen) atoms. The second kappa shape index (κ2) is 5.91. The Morgan fingerprint density at radius 3 is 2.71 bits per heavy atom. The van der Waals surface area contributed by atoms with Gasteiger partial charge < -0.3 is 10.4 Å². The summed E-state index contributed by atoms with van der Waals surface area (Å²) in [7, 11) is -4.13. The van der Waals surface area contributed by atoms with Crippen LogP contribution in [0.2, 0.25) is 5.02 Å². The molecule has 1 aromatic rings. The van der Waals surface area contributed by atoms with Crippen molar-refractivity contribution in [1.29, 1.82) is 0 Å². The lowest BCUT2D eigenvalue weighted by atomic mass is 10.2. The van der Waals surface area contributed by atoms with E-state index in [0.29, 0.717) is 13.8 Å². The molecule has 0 spiro atoms. The van der Waals surface area contributed by atoms with E-state index in [9.17, 15) is 18.0 Å². The van der Waals surface area contributed by atoms with Crippen molar-refractivity contribution in [3.8, 4) is 0 Å². The molecule has 0 radical (unpaired) electrons. The lowest BCUT2D eigenvalue weighted by Gasteiger charge is -2.31. The number of carbonyl (C=O) groups is 2. The predicted octanol–water partition coefficient (Wildman–Crippen LogP) is 0.676. The number of hydrogen-bond acceptors (Lipinski definition) is 4. The van der Waals surface area contributed by atoms with E-state index in [1.165, 1.54) is 18.2 Å². The monoisotopic (exact) mass is 396 g/mol. The summed E-state index contributed by atoms with van der Waals surface area (Å²) in [6.07, 6.45) is 0. The molecule has 2 N–H and O–H groups in total. The van der Waals surface area contributed by atoms with Crippen LogP contribution in [0.25, 0.3) is 0 Å². The Kier molecular flexibility index (Phi) is 4.57. The number of rotatable bonds is 3. The van der Waals surface area contributed by atoms with Crippen molar-refractivity contribution in [1.82, 2.24) is 9.62 Å². The van der Waals surface area contributed by atoms with Gasteiger partial charge in [-0.15, -0.1) is 0 Å². The molecule has 7 nitrogen and oxygen atoms in total. The molecular weight excluding hydrogens is 388 g/mol. The minimum atomic E-state index is -4.13. The number of nitrogens with zero attached hydrogens (tertiary/aromatic N) is 1. The first-order valence-corrected chi connectivity index (χ1v) is 8.31. The molecule has 2 rings (SSSR count). The van der Waals surface area contributed by atoms with Crippen LogP contribution < -0.4 is 5.32 Å². The van der Waals surface area contributed by atoms with Gasteiger partial charge in [-0.2, -0.15) is 4.31 Å². The fraction of sp³-hybridized carbons (Fsp3) is 0.273. The molecule has 1 aliphatic heterocycles. The topological polar surface area (TPSA) is 104 Å². The van der Waals surface area contributed by atoms with Crippen molar-refractivity contribution in [2.45, 2.75) is 10.9 Å². The normalized spacial score (nSPS) is 20.1. The van der Waals surface area contributed by atoms with Gasteiger partial charge in [0.25, 0.3) is 0 Å². The third-order valence-corrected chi connectivity index (χ3v) is 5.99. The van der Waals surface area contributed by atoms with Gasteiger partial charge >= 0.3 is 5.97 Å². The van der Waals surface area contributed by atoms with Crippen molar-refractivity contribution in [3.63, 3.8) is 0 Å². The van der Waals surface area contributed by atoms with E-state index in [0.717, 1.165) is 0 Å². The van der Waals surface area contributed by atoms with Crippen LogP contribution in [0.4, 0.5) is 0 Å². The molecule has 1 heterocycles. The van der Waals surface area contributed by atoms with Crippen LogP contribution in [0.1, 0.15) is 0 Å². The Balaban J connectivity index is 2.46. The Hall–Kier alpha value is -1.16. The van der Waals surface area contributed by atoms with Crippen LogP contribution in [-0.4, -0.2) is 48.8 Å². The van der Waals surface area contributed by atoms with Gasteiger partial charge in [0.2, 0.25) is 15.9 Å². The first-order valence-electron chi connectivity index (χ1n) is 5.70. The number of carboxylic acids is 1. The molecule has 0 bridgehead atoms. The number of halogens is 2. The maximum atomic E-state index is 12.5. The highest BCUT2D eigenvalue weighted by Gasteiger charge is 2.40. The number of benzene rings is 1. The Morgan fingerprint density at radius 2 is 2.14 bits per heavy atom. The van der Waals surface area contributed by atoms with Gasteiger partial charge in [0.15, 0.2) is 0 Å². The third-order valence-electron chi connectivity index (χ3n) is 2.92. The molecule has 1 unspecified atom stereocenters. The summed E-state index contributed by atoms with van der Waals surface area (Å²) in [5, 5.41) is 11.8. The summed E-state index contributed by atoms with van der Waals surface area (Å²) in [5.41, 5.74) is 0. The largest absolute Gasteiger partial charge is 0.480 e. The molecule has 1 amide bonds. The number of carboxylic acid groups (broad SMARTS) is 1. The van der Waals surface area contributed by atoms with Crippen LogP contribution in [-0.2, 0) is 19.6 Å². The van der Waals surface area contributed by atoms with Crippen molar-refractivity contribution in [2.24, 2.45) is 0 Å². The molecule has 1 aromatic carbocycles. The highest BCUT2D eigenvalue weighted by molar-refractivity contribution is 9.10. The maximum Gasteiger partial charge on any atom is 0.323 e. The summed E-state index contributed by atoms with van der Waals surface area (Å²) in [4.78, 5) is 22.4. The number of amides is 1. The Labute approximate surface area is 134 Å². The second-order valence-electron chi connectivity index (χ2n) is 4.28. The number of carbonyl (C=O) groups excluding carboxylic acids is 1. The fourth-order valence-corrected chi connectivity index (χ4v) is 4.07. The molecule has 1 fully saturated rings. The summed E-state index contributed by atoms with van der Waals surface area (Å²) in [6, 6.07) is 2.55. The first kappa shape index (κ1) is 16.2. The average Bonchev–Trinajstić information content (AvgIpc) is 2.41. The van der Waals surface area contributed by atoms with Crippen molar-refractivity contribution < 1.29 is 23.1 Å². The predicted molar refractivity (Wildman–Crippen MR) is 77.5 cm³/mol. The van der Waals surface area contributed by atoms with Crippen molar-refractivity contribution in [2.75, 3.05) is 13.1 Å². The zero-order valence-corrected chi connectivity index (χ0v) is 13.6. The SMILES string of the molecule is O=C1CN(S(=O)(=O)c2ccc(Cl)c(Br)c2)C(C(=O)O)CN1. The van der Waals surface area contributed by atoms with Gasteiger partial charge in [-0.3, -0.25) is 9.59 Å². The molecule has 0 aromatic heterocycles. The van der Waals surface area contributed by atoms with Crippen LogP contribution in [0.15, 0.2) is 27.6 Å². The summed E-state index contributed by atoms with van der Waals surface area (Å²) >= 11 is 8.91. The quantitative estimate of drug-likeness (QED) is 0.780. The number of piperazine rings is 1. The average molecular weight is 398 g/mol. The molecule has 0 aliphatic carbocycles. The minimum absolute atomic E-state index is 0.139. The van der Waals surface area contributed by atoms with Gasteiger partial charge in [0, 0.05) is 11.0 Å². The van der Waals surface area contributed by atoms with Crippen LogP contribution >= 0.6 is 27.5 Å². The summed E-state index contributed by atoms with van der Waals surface area (Å²) in [5.74, 6) is -1.88. The number of nitrogens with one attached hydrogen (secondary N) is 1. The van der Waals surface area contributed by atoms with Crippen LogP contribution in [0.3, 0.4) is 0 Å². The zero-order chi connectivity index (χ0) is 15.8. The van der Waals surface area contributed by atoms with E-state index in [1.54, 1.807) is 0 Å². The molecule has 114 valence electrons. The number of aliphatic carboxylic acids is 1. The first-order chi connectivity index (χ1) is 9.73. The lowest BCUT2D eigenvalue weighted by Crippen LogP contribution is -2.59. The van der Waals surface area contributed by atoms with E-state index >= 15 is 0 Å². The van der Waals surface area contributed by atoms with E-state index < -0.39 is 34.5 Å². The van der Waals surface area contributed by atoms with Crippen molar-refractivity contribution >= 4 is 49.4 Å². The summed E-state index contributed by atoms with van der Waals surface area (Å²) < 4.78 is 26.1. The highest BCUT2D eigenvalue weighted by atomic mass is 79.9. The fourth-order valence-electron chi connectivity index (χ4n) is 1.86. The van der Waals surface area contributed by atoms with Crippen LogP contribution in [0, 0.1) is 0 Å². The van der Waals surface area contributed by atoms with E-state index in [1.807, 2.05) is 0 Å². The standard InChI is InChI=1S/C11H10BrClN2O5S/c12-7-3-6(1-2-8(7)13)21(19,20)15-5-10(16)14-4-9(15)11(17)18/h1-3,9H,4-5H2,(H,14,16)(H,17,18). The molecule has 0 saturated carbocycles. The van der Waals surface area contributed by atoms with E-state index in [4.69, 9.17) is 16.7 Å². The highest BCUT2D eigenvalue weighted by Crippen LogP contribution is 2.28. The molecule has 1 aliphatic rings. The van der Waals surface area contributed by atoms with Crippen LogP contribution in [0.5, 0.6) is 0 Å². The molecule has 10 heteroatoms. The smallest absolute Gasteiger partial charge is 0.323 e. The van der Waals surface area contributed by atoms with Gasteiger partial charge in [0.05, 0.1) is 16.5 Å². The maximum absolute atomic E-state index is 12.5. The van der Waals surface area contributed by atoms with Gasteiger partial charge in [-0.05, 0) is 34.1 Å². The van der Waals surface area contributed by atoms with Gasteiger partial charge in [-0.25, -0.2) is 8.42 Å². The van der Waals surface area contributed by atoms with E-state index in [2.05, 4.69) is 21.2 Å². The minimum Gasteiger partial charge on any atom is -0.480 e. The zero-order valence-electron chi connectivity index (χ0n) is 10.4. The van der Waals surface area contributed by atoms with E-state index in [-0.39, 0.29) is 11.4 Å².